The van der Waals surface area contributed by atoms with Crippen LogP contribution in [-0.4, -0.2) is 84.0 Å². The first kappa shape index (κ1) is 37.0. The zero-order valence-electron chi connectivity index (χ0n) is 28.7. The minimum Gasteiger partial charge on any atom is -0.481 e. The van der Waals surface area contributed by atoms with Crippen LogP contribution in [0.2, 0.25) is 0 Å². The SMILES string of the molecule is C[C@H](N)C(=O)N[C@H]1C(=O)N(CC(=O)NCCCCCNC(=O)CCCC[C@]2(C)SC[C@@H]3NC(=O)N[C@@H]32)c2ccccc2O[C@H]1c1ccccc1. The van der Waals surface area contributed by atoms with E-state index < -0.39 is 30.0 Å². The van der Waals surface area contributed by atoms with Crippen molar-refractivity contribution in [2.45, 2.75) is 93.8 Å². The van der Waals surface area contributed by atoms with Gasteiger partial charge in [-0.05, 0) is 63.6 Å². The number of amides is 6. The van der Waals surface area contributed by atoms with E-state index in [4.69, 9.17) is 10.5 Å². The number of hydrogen-bond donors (Lipinski definition) is 6. The molecule has 2 saturated heterocycles. The Morgan fingerprint density at radius 1 is 0.960 bits per heavy atom. The van der Waals surface area contributed by atoms with Crippen LogP contribution in [0.1, 0.15) is 70.5 Å². The number of nitrogens with two attached hydrogens (primary N) is 1. The molecule has 3 aliphatic rings. The number of anilines is 1. The summed E-state index contributed by atoms with van der Waals surface area (Å²) in [5, 5.41) is 14.7. The second kappa shape index (κ2) is 17.1. The second-order valence-corrected chi connectivity index (χ2v) is 15.0. The highest BCUT2D eigenvalue weighted by Gasteiger charge is 2.50. The second-order valence-electron chi connectivity index (χ2n) is 13.4. The first-order valence-corrected chi connectivity index (χ1v) is 18.5. The third kappa shape index (κ3) is 9.27. The number of nitrogens with zero attached hydrogens (tertiary/aromatic N) is 1. The highest BCUT2D eigenvalue weighted by atomic mass is 32.2. The topological polar surface area (TPSA) is 184 Å². The number of thioether (sulfide) groups is 1. The maximum Gasteiger partial charge on any atom is 0.315 e. The fourth-order valence-corrected chi connectivity index (χ4v) is 8.20. The molecule has 0 spiro atoms. The fourth-order valence-electron chi connectivity index (χ4n) is 6.67. The summed E-state index contributed by atoms with van der Waals surface area (Å²) in [6.07, 6.45) is 4.60. The lowest BCUT2D eigenvalue weighted by atomic mass is 9.91. The lowest BCUT2D eigenvalue weighted by Crippen LogP contribution is -2.55. The third-order valence-electron chi connectivity index (χ3n) is 9.47. The Morgan fingerprint density at radius 2 is 1.66 bits per heavy atom. The molecular weight excluding hydrogens is 659 g/mol. The van der Waals surface area contributed by atoms with E-state index in [1.165, 1.54) is 11.8 Å². The molecule has 13 nitrogen and oxygen atoms in total. The number of fused-ring (bicyclic) bond motifs is 2. The smallest absolute Gasteiger partial charge is 0.315 e. The molecule has 6 amide bonds. The molecule has 3 aliphatic heterocycles. The van der Waals surface area contributed by atoms with E-state index in [1.807, 2.05) is 42.1 Å². The molecule has 3 heterocycles. The Hall–Kier alpha value is -4.30. The van der Waals surface area contributed by atoms with E-state index in [2.05, 4.69) is 33.5 Å². The summed E-state index contributed by atoms with van der Waals surface area (Å²) in [6.45, 7) is 4.46. The van der Waals surface area contributed by atoms with Crippen molar-refractivity contribution in [1.82, 2.24) is 26.6 Å². The van der Waals surface area contributed by atoms with E-state index in [0.717, 1.165) is 37.9 Å². The minimum absolute atomic E-state index is 0.00791. The van der Waals surface area contributed by atoms with E-state index in [0.29, 0.717) is 42.9 Å². The zero-order valence-corrected chi connectivity index (χ0v) is 29.6. The van der Waals surface area contributed by atoms with Gasteiger partial charge in [0.15, 0.2) is 6.10 Å². The van der Waals surface area contributed by atoms with Gasteiger partial charge < -0.3 is 37.1 Å². The number of carbonyl (C=O) groups excluding carboxylic acids is 5. The van der Waals surface area contributed by atoms with Crippen LogP contribution < -0.4 is 42.0 Å². The van der Waals surface area contributed by atoms with E-state index in [-0.39, 0.29) is 41.2 Å². The average molecular weight is 708 g/mol. The lowest BCUT2D eigenvalue weighted by Gasteiger charge is -2.29. The number of para-hydroxylation sites is 2. The molecule has 7 N–H and O–H groups in total. The Bertz CT molecular complexity index is 1530. The van der Waals surface area contributed by atoms with Crippen LogP contribution in [-0.2, 0) is 19.2 Å². The number of unbranched alkanes of at least 4 members (excludes halogenated alkanes) is 3. The van der Waals surface area contributed by atoms with Crippen molar-refractivity contribution >= 4 is 47.1 Å². The van der Waals surface area contributed by atoms with Crippen molar-refractivity contribution in [3.63, 3.8) is 0 Å². The summed E-state index contributed by atoms with van der Waals surface area (Å²) in [7, 11) is 0. The molecule has 2 aromatic carbocycles. The predicted octanol–water partition coefficient (Wildman–Crippen LogP) is 2.50. The van der Waals surface area contributed by atoms with Gasteiger partial charge in [-0.2, -0.15) is 11.8 Å². The molecule has 50 heavy (non-hydrogen) atoms. The van der Waals surface area contributed by atoms with Crippen LogP contribution in [0.5, 0.6) is 5.75 Å². The molecule has 270 valence electrons. The van der Waals surface area contributed by atoms with Gasteiger partial charge in [0.1, 0.15) is 18.3 Å². The number of ether oxygens (including phenoxy) is 1. The maximum atomic E-state index is 14.1. The highest BCUT2D eigenvalue weighted by molar-refractivity contribution is 8.01. The summed E-state index contributed by atoms with van der Waals surface area (Å²) in [5.41, 5.74) is 6.95. The maximum absolute atomic E-state index is 14.1. The van der Waals surface area contributed by atoms with Gasteiger partial charge in [0.25, 0.3) is 5.91 Å². The average Bonchev–Trinajstić information content (AvgIpc) is 3.60. The van der Waals surface area contributed by atoms with Crippen LogP contribution in [0.15, 0.2) is 54.6 Å². The van der Waals surface area contributed by atoms with Gasteiger partial charge in [-0.25, -0.2) is 4.79 Å². The summed E-state index contributed by atoms with van der Waals surface area (Å²) < 4.78 is 6.34. The van der Waals surface area contributed by atoms with Gasteiger partial charge in [-0.15, -0.1) is 0 Å². The van der Waals surface area contributed by atoms with Gasteiger partial charge in [-0.1, -0.05) is 48.9 Å². The molecule has 0 unspecified atom stereocenters. The fraction of sp³-hybridized carbons (Fsp3) is 0.528. The number of rotatable bonds is 16. The lowest BCUT2D eigenvalue weighted by molar-refractivity contribution is -0.130. The molecular formula is C36H49N7O6S. The summed E-state index contributed by atoms with van der Waals surface area (Å²) >= 11 is 1.89. The van der Waals surface area contributed by atoms with Gasteiger partial charge in [0.05, 0.1) is 23.8 Å². The quantitative estimate of drug-likeness (QED) is 0.114. The van der Waals surface area contributed by atoms with Crippen LogP contribution in [0.3, 0.4) is 0 Å². The summed E-state index contributed by atoms with van der Waals surface area (Å²) in [5.74, 6) is 0.0291. The molecule has 0 bridgehead atoms. The van der Waals surface area contributed by atoms with Crippen LogP contribution in [0.4, 0.5) is 10.5 Å². The minimum atomic E-state index is -1.12. The first-order valence-electron chi connectivity index (χ1n) is 17.5. The van der Waals surface area contributed by atoms with Crippen molar-refractivity contribution in [1.29, 1.82) is 0 Å². The summed E-state index contributed by atoms with van der Waals surface area (Å²) in [6, 6.07) is 14.4. The van der Waals surface area contributed by atoms with Gasteiger partial charge in [0, 0.05) is 30.0 Å². The number of hydrogen-bond acceptors (Lipinski definition) is 8. The number of urea groups is 1. The van der Waals surface area contributed by atoms with Crippen molar-refractivity contribution in [3.8, 4) is 5.75 Å². The molecule has 6 atom stereocenters. The first-order chi connectivity index (χ1) is 24.1. The monoisotopic (exact) mass is 707 g/mol. The van der Waals surface area contributed by atoms with Gasteiger partial charge in [-0.3, -0.25) is 24.1 Å². The van der Waals surface area contributed by atoms with Gasteiger partial charge >= 0.3 is 6.03 Å². The Balaban J connectivity index is 1.03. The van der Waals surface area contributed by atoms with Crippen molar-refractivity contribution < 1.29 is 28.7 Å². The molecule has 14 heteroatoms. The Morgan fingerprint density at radius 3 is 2.40 bits per heavy atom. The molecule has 2 fully saturated rings. The molecule has 2 aromatic rings. The Labute approximate surface area is 297 Å². The largest absolute Gasteiger partial charge is 0.481 e. The van der Waals surface area contributed by atoms with Crippen molar-refractivity contribution in [2.75, 3.05) is 30.3 Å². The summed E-state index contributed by atoms with van der Waals surface area (Å²) in [4.78, 5) is 65.3. The van der Waals surface area contributed by atoms with E-state index in [9.17, 15) is 24.0 Å². The molecule has 0 radical (unpaired) electrons. The normalized spacial score (nSPS) is 24.5. The van der Waals surface area contributed by atoms with Gasteiger partial charge in [0.2, 0.25) is 17.7 Å². The van der Waals surface area contributed by atoms with E-state index in [1.54, 1.807) is 24.3 Å². The zero-order chi connectivity index (χ0) is 35.7. The van der Waals surface area contributed by atoms with E-state index >= 15 is 0 Å². The number of nitrogens with one attached hydrogen (secondary N) is 5. The number of benzene rings is 2. The van der Waals surface area contributed by atoms with Crippen LogP contribution >= 0.6 is 11.8 Å². The van der Waals surface area contributed by atoms with Crippen LogP contribution in [0.25, 0.3) is 0 Å². The molecule has 5 rings (SSSR count). The standard InChI is InChI=1S/C36H49N7O6S/c1-23(37)33(46)41-30-31(24-13-5-3-6-14-24)49-27-16-8-7-15-26(27)43(34(30)47)21-29(45)39-20-12-4-11-19-38-28(44)17-9-10-18-36(2)32-25(22-50-36)40-35(48)42-32/h3,5-8,13-16,23,25,30-32H,4,9-12,17-22,37H2,1-2H3,(H,38,44)(H,39,45)(H,41,46)(H2,40,42,48)/t23-,25-,30+,31-,32-,36-/m0/s1. The van der Waals surface area contributed by atoms with Crippen molar-refractivity contribution in [3.05, 3.63) is 60.2 Å². The van der Waals surface area contributed by atoms with Crippen molar-refractivity contribution in [2.24, 2.45) is 5.73 Å². The van der Waals surface area contributed by atoms with Crippen LogP contribution in [0, 0.1) is 0 Å². The molecule has 0 saturated carbocycles. The molecule has 0 aliphatic carbocycles. The Kier molecular flexibility index (Phi) is 12.6. The third-order valence-corrected chi connectivity index (χ3v) is 11.1. The number of carbonyl (C=O) groups is 5. The highest BCUT2D eigenvalue weighted by Crippen LogP contribution is 2.43. The molecule has 0 aromatic heterocycles. The predicted molar refractivity (Wildman–Crippen MR) is 193 cm³/mol.